The summed E-state index contributed by atoms with van der Waals surface area (Å²) in [5, 5.41) is 2.87. The van der Waals surface area contributed by atoms with Crippen LogP contribution in [0.5, 0.6) is 0 Å². The van der Waals surface area contributed by atoms with Gasteiger partial charge in [-0.1, -0.05) is 38.5 Å². The quantitative estimate of drug-likeness (QED) is 0.223. The monoisotopic (exact) mass is 358 g/mol. The van der Waals surface area contributed by atoms with Crippen LogP contribution in [0.3, 0.4) is 0 Å². The van der Waals surface area contributed by atoms with E-state index in [1.165, 1.54) is 25.7 Å². The fourth-order valence-corrected chi connectivity index (χ4v) is 2.50. The van der Waals surface area contributed by atoms with E-state index in [9.17, 15) is 9.59 Å². The Hall–Kier alpha value is -0.980. The molecular formula is C19H38N2O4. The Balaban J connectivity index is 3.37. The van der Waals surface area contributed by atoms with E-state index in [2.05, 4.69) is 5.32 Å². The van der Waals surface area contributed by atoms with Crippen molar-refractivity contribution in [3.05, 3.63) is 0 Å². The number of rotatable bonds is 18. The van der Waals surface area contributed by atoms with Crippen LogP contribution in [0.4, 0.5) is 0 Å². The fourth-order valence-electron chi connectivity index (χ4n) is 2.50. The molecule has 0 heterocycles. The maximum atomic E-state index is 11.7. The number of carbonyl (C=O) groups excluding carboxylic acids is 2. The molecule has 0 saturated heterocycles. The molecule has 0 atom stereocenters. The molecule has 0 aliphatic heterocycles. The molecule has 0 aliphatic carbocycles. The molecule has 0 radical (unpaired) electrons. The smallest absolute Gasteiger partial charge is 0.220 e. The van der Waals surface area contributed by atoms with Gasteiger partial charge in [0.25, 0.3) is 0 Å². The van der Waals surface area contributed by atoms with Gasteiger partial charge in [0.15, 0.2) is 5.79 Å². The Kier molecular flexibility index (Phi) is 15.8. The van der Waals surface area contributed by atoms with E-state index >= 15 is 0 Å². The molecule has 0 unspecified atom stereocenters. The van der Waals surface area contributed by atoms with Crippen molar-refractivity contribution in [3.63, 3.8) is 0 Å². The van der Waals surface area contributed by atoms with Gasteiger partial charge in [0.05, 0.1) is 13.2 Å². The molecule has 0 spiro atoms. The highest BCUT2D eigenvalue weighted by atomic mass is 16.7. The van der Waals surface area contributed by atoms with Gasteiger partial charge >= 0.3 is 0 Å². The zero-order chi connectivity index (χ0) is 18.8. The van der Waals surface area contributed by atoms with E-state index in [-0.39, 0.29) is 5.91 Å². The lowest BCUT2D eigenvalue weighted by Crippen LogP contribution is -2.35. The van der Waals surface area contributed by atoms with Crippen LogP contribution in [0.1, 0.15) is 78.1 Å². The lowest BCUT2D eigenvalue weighted by Gasteiger charge is -2.25. The van der Waals surface area contributed by atoms with Gasteiger partial charge in [0.1, 0.15) is 6.29 Å². The maximum absolute atomic E-state index is 11.7. The van der Waals surface area contributed by atoms with Crippen molar-refractivity contribution in [1.29, 1.82) is 0 Å². The largest absolute Gasteiger partial charge is 0.354 e. The molecule has 25 heavy (non-hydrogen) atoms. The molecule has 0 saturated carbocycles. The van der Waals surface area contributed by atoms with E-state index in [0.29, 0.717) is 39.1 Å². The van der Waals surface area contributed by atoms with Gasteiger partial charge in [-0.05, 0) is 26.7 Å². The Labute approximate surface area is 153 Å². The summed E-state index contributed by atoms with van der Waals surface area (Å²) in [6, 6.07) is 0. The number of hydrogen-bond donors (Lipinski definition) is 2. The van der Waals surface area contributed by atoms with Gasteiger partial charge in [-0.15, -0.1) is 0 Å². The number of nitrogens with one attached hydrogen (secondary N) is 1. The minimum absolute atomic E-state index is 0.0816. The molecule has 0 aromatic heterocycles. The van der Waals surface area contributed by atoms with Gasteiger partial charge < -0.3 is 25.3 Å². The number of ether oxygens (including phenoxy) is 2. The van der Waals surface area contributed by atoms with Gasteiger partial charge in [-0.25, -0.2) is 0 Å². The molecule has 0 aliphatic rings. The second-order valence-corrected chi connectivity index (χ2v) is 6.77. The zero-order valence-corrected chi connectivity index (χ0v) is 16.2. The SMILES string of the molecule is CC(C)(OCCN)OCCNC(=O)CCCCCCCCCCC=O. The van der Waals surface area contributed by atoms with Crippen molar-refractivity contribution in [1.82, 2.24) is 5.32 Å². The summed E-state index contributed by atoms with van der Waals surface area (Å²) in [6.45, 7) is 5.52. The second kappa shape index (κ2) is 16.5. The number of aldehydes is 1. The number of hydrogen-bond acceptors (Lipinski definition) is 5. The summed E-state index contributed by atoms with van der Waals surface area (Å²) >= 11 is 0. The number of carbonyl (C=O) groups is 2. The van der Waals surface area contributed by atoms with E-state index in [4.69, 9.17) is 15.2 Å². The van der Waals surface area contributed by atoms with Crippen LogP contribution in [0.2, 0.25) is 0 Å². The predicted octanol–water partition coefficient (Wildman–Crippen LogP) is 2.93. The minimum Gasteiger partial charge on any atom is -0.354 e. The molecule has 0 rings (SSSR count). The summed E-state index contributed by atoms with van der Waals surface area (Å²) in [5.41, 5.74) is 5.39. The molecular weight excluding hydrogens is 320 g/mol. The third-order valence-corrected chi connectivity index (χ3v) is 3.92. The van der Waals surface area contributed by atoms with Gasteiger partial charge in [0, 0.05) is 25.9 Å². The topological polar surface area (TPSA) is 90.7 Å². The third kappa shape index (κ3) is 17.6. The summed E-state index contributed by atoms with van der Waals surface area (Å²) in [5.74, 6) is -0.588. The highest BCUT2D eigenvalue weighted by Gasteiger charge is 2.17. The Bertz CT molecular complexity index is 335. The van der Waals surface area contributed by atoms with Crippen molar-refractivity contribution in [3.8, 4) is 0 Å². The average molecular weight is 359 g/mol. The first kappa shape index (κ1) is 24.0. The van der Waals surface area contributed by atoms with Gasteiger partial charge in [-0.2, -0.15) is 0 Å². The summed E-state index contributed by atoms with van der Waals surface area (Å²) < 4.78 is 11.0. The first-order valence-electron chi connectivity index (χ1n) is 9.70. The Morgan fingerprint density at radius 2 is 1.52 bits per heavy atom. The highest BCUT2D eigenvalue weighted by molar-refractivity contribution is 5.75. The van der Waals surface area contributed by atoms with Gasteiger partial charge in [-0.3, -0.25) is 4.79 Å². The van der Waals surface area contributed by atoms with Crippen LogP contribution in [-0.4, -0.2) is 44.3 Å². The maximum Gasteiger partial charge on any atom is 0.220 e. The third-order valence-electron chi connectivity index (χ3n) is 3.92. The van der Waals surface area contributed by atoms with Crippen molar-refractivity contribution < 1.29 is 19.1 Å². The molecule has 0 aromatic rings. The summed E-state index contributed by atoms with van der Waals surface area (Å²) in [7, 11) is 0. The van der Waals surface area contributed by atoms with Crippen LogP contribution in [0, 0.1) is 0 Å². The zero-order valence-electron chi connectivity index (χ0n) is 16.2. The second-order valence-electron chi connectivity index (χ2n) is 6.77. The Morgan fingerprint density at radius 1 is 0.960 bits per heavy atom. The number of nitrogens with two attached hydrogens (primary N) is 1. The van der Waals surface area contributed by atoms with E-state index in [1.807, 2.05) is 13.8 Å². The van der Waals surface area contributed by atoms with Crippen molar-refractivity contribution in [2.24, 2.45) is 5.73 Å². The molecule has 3 N–H and O–H groups in total. The van der Waals surface area contributed by atoms with Crippen LogP contribution < -0.4 is 11.1 Å². The van der Waals surface area contributed by atoms with Gasteiger partial charge in [0.2, 0.25) is 5.91 Å². The molecule has 0 fully saturated rings. The number of unbranched alkanes of at least 4 members (excludes halogenated alkanes) is 8. The van der Waals surface area contributed by atoms with Crippen LogP contribution in [0.15, 0.2) is 0 Å². The average Bonchev–Trinajstić information content (AvgIpc) is 2.58. The first-order chi connectivity index (χ1) is 12.0. The first-order valence-corrected chi connectivity index (χ1v) is 9.70. The predicted molar refractivity (Wildman–Crippen MR) is 100 cm³/mol. The van der Waals surface area contributed by atoms with Crippen molar-refractivity contribution >= 4 is 12.2 Å². The van der Waals surface area contributed by atoms with Crippen LogP contribution in [0.25, 0.3) is 0 Å². The summed E-state index contributed by atoms with van der Waals surface area (Å²) in [6.07, 6.45) is 11.3. The molecule has 6 nitrogen and oxygen atoms in total. The van der Waals surface area contributed by atoms with Crippen molar-refractivity contribution in [2.75, 3.05) is 26.3 Å². The lowest BCUT2D eigenvalue weighted by atomic mass is 10.1. The molecule has 0 aromatic carbocycles. The lowest BCUT2D eigenvalue weighted by molar-refractivity contribution is -0.210. The fraction of sp³-hybridized carbons (Fsp3) is 0.895. The van der Waals surface area contributed by atoms with Crippen LogP contribution >= 0.6 is 0 Å². The minimum atomic E-state index is -0.669. The van der Waals surface area contributed by atoms with Crippen molar-refractivity contribution in [2.45, 2.75) is 83.8 Å². The highest BCUT2D eigenvalue weighted by Crippen LogP contribution is 2.11. The van der Waals surface area contributed by atoms with E-state index < -0.39 is 5.79 Å². The molecule has 1 amide bonds. The Morgan fingerprint density at radius 3 is 2.12 bits per heavy atom. The normalized spacial score (nSPS) is 11.5. The van der Waals surface area contributed by atoms with E-state index in [1.54, 1.807) is 0 Å². The molecule has 0 bridgehead atoms. The van der Waals surface area contributed by atoms with Crippen LogP contribution in [-0.2, 0) is 19.1 Å². The number of amides is 1. The standard InChI is InChI=1S/C19H38N2O4/c1-19(2,24-16-13-20)25-17-14-21-18(23)12-10-8-6-4-3-5-7-9-11-15-22/h15H,3-14,16-17,20H2,1-2H3,(H,21,23). The van der Waals surface area contributed by atoms with E-state index in [0.717, 1.165) is 32.0 Å². The summed E-state index contributed by atoms with van der Waals surface area (Å²) in [4.78, 5) is 21.9. The molecule has 148 valence electrons. The molecule has 6 heteroatoms.